The van der Waals surface area contributed by atoms with Gasteiger partial charge in [-0.1, -0.05) is 168 Å². The Kier molecular flexibility index (Phi) is 23.1. The van der Waals surface area contributed by atoms with Gasteiger partial charge in [0, 0.05) is 6.42 Å². The number of carbonyl (C=O) groups is 1. The van der Waals surface area contributed by atoms with Crippen LogP contribution >= 0.6 is 0 Å². The lowest BCUT2D eigenvalue weighted by Gasteiger charge is -2.25. The number of aliphatic imine (C=N–C) groups is 1. The fourth-order valence-corrected chi connectivity index (χ4v) is 5.81. The Morgan fingerprint density at radius 1 is 0.553 bits per heavy atom. The van der Waals surface area contributed by atoms with Gasteiger partial charge in [-0.3, -0.25) is 0 Å². The highest BCUT2D eigenvalue weighted by atomic mass is 16.2. The molecular weight excluding hydrogens is 464 g/mol. The average molecular weight is 532 g/mol. The largest absolute Gasteiger partial charge is 0.324 e. The van der Waals surface area contributed by atoms with Crippen LogP contribution in [0, 0.1) is 0 Å². The zero-order valence-electron chi connectivity index (χ0n) is 26.3. The summed E-state index contributed by atoms with van der Waals surface area (Å²) in [6.45, 7) is 4.57. The summed E-state index contributed by atoms with van der Waals surface area (Å²) >= 11 is 0. The Labute approximate surface area is 238 Å². The first kappa shape index (κ1) is 35.1. The third-order valence-electron chi connectivity index (χ3n) is 8.64. The maximum absolute atomic E-state index is 13.0. The van der Waals surface area contributed by atoms with Crippen LogP contribution in [0.3, 0.4) is 0 Å². The summed E-state index contributed by atoms with van der Waals surface area (Å²) in [4.78, 5) is 17.6. The summed E-state index contributed by atoms with van der Waals surface area (Å²) in [6, 6.07) is 0. The Morgan fingerprint density at radius 3 is 1.29 bits per heavy atom. The molecule has 1 aliphatic heterocycles. The highest BCUT2D eigenvalue weighted by Crippen LogP contribution is 2.22. The van der Waals surface area contributed by atoms with Crippen LogP contribution in [-0.2, 0) is 4.79 Å². The fourth-order valence-electron chi connectivity index (χ4n) is 5.81. The third-order valence-corrected chi connectivity index (χ3v) is 8.64. The molecule has 3 heteroatoms. The number of hydrogen-bond donors (Lipinski definition) is 0. The highest BCUT2D eigenvalue weighted by Gasteiger charge is 2.37. The average Bonchev–Trinajstić information content (AvgIpc) is 3.30. The van der Waals surface area contributed by atoms with Crippen molar-refractivity contribution in [1.82, 2.24) is 0 Å². The van der Waals surface area contributed by atoms with Crippen LogP contribution in [0.5, 0.6) is 0 Å². The van der Waals surface area contributed by atoms with Crippen LogP contribution < -0.4 is 0 Å². The topological polar surface area (TPSA) is 29.4 Å². The monoisotopic (exact) mass is 532 g/mol. The second-order valence-corrected chi connectivity index (χ2v) is 12.3. The molecule has 0 saturated heterocycles. The molecule has 0 N–H and O–H groups in total. The van der Waals surface area contributed by atoms with E-state index in [-0.39, 0.29) is 0 Å². The SMILES string of the molecule is CCCCCCCCCCCCCCCCCC1=NC=C[N+]1(C)C(=O)CCCCCCCCCCCCC. The lowest BCUT2D eigenvalue weighted by Crippen LogP contribution is -2.47. The van der Waals surface area contributed by atoms with E-state index < -0.39 is 0 Å². The minimum absolute atomic E-state index is 0.328. The summed E-state index contributed by atoms with van der Waals surface area (Å²) in [5, 5.41) is 0. The number of carbonyl (C=O) groups excluding carboxylic acids is 1. The van der Waals surface area contributed by atoms with Gasteiger partial charge in [-0.2, -0.15) is 4.48 Å². The molecule has 3 nitrogen and oxygen atoms in total. The van der Waals surface area contributed by atoms with Crippen molar-refractivity contribution in [3.63, 3.8) is 0 Å². The summed E-state index contributed by atoms with van der Waals surface area (Å²) in [5.74, 6) is 1.39. The molecule has 0 bridgehead atoms. The minimum atomic E-state index is 0.328. The predicted molar refractivity (Wildman–Crippen MR) is 168 cm³/mol. The first-order chi connectivity index (χ1) is 18.6. The number of nitrogens with zero attached hydrogens (tertiary/aromatic N) is 2. The van der Waals surface area contributed by atoms with Gasteiger partial charge in [-0.05, 0) is 12.8 Å². The van der Waals surface area contributed by atoms with E-state index in [4.69, 9.17) is 0 Å². The molecule has 1 unspecified atom stereocenters. The second-order valence-electron chi connectivity index (χ2n) is 12.3. The molecule has 38 heavy (non-hydrogen) atoms. The minimum Gasteiger partial charge on any atom is -0.230 e. The lowest BCUT2D eigenvalue weighted by molar-refractivity contribution is -0.683. The van der Waals surface area contributed by atoms with Gasteiger partial charge in [0.1, 0.15) is 6.20 Å². The Bertz CT molecular complexity index is 611. The fraction of sp³-hybridized carbons (Fsp3) is 0.886. The Morgan fingerprint density at radius 2 is 0.895 bits per heavy atom. The van der Waals surface area contributed by atoms with Crippen molar-refractivity contribution in [3.05, 3.63) is 12.4 Å². The Hall–Kier alpha value is -0.960. The molecule has 1 amide bonds. The first-order valence-electron chi connectivity index (χ1n) is 17.3. The van der Waals surface area contributed by atoms with E-state index >= 15 is 0 Å². The molecule has 0 radical (unpaired) electrons. The number of amidine groups is 1. The van der Waals surface area contributed by atoms with Crippen LogP contribution in [-0.4, -0.2) is 23.3 Å². The molecule has 222 valence electrons. The molecule has 0 saturated carbocycles. The van der Waals surface area contributed by atoms with Crippen molar-refractivity contribution >= 4 is 11.7 Å². The molecule has 1 atom stereocenters. The summed E-state index contributed by atoms with van der Waals surface area (Å²) in [6.07, 6.45) is 40.8. The van der Waals surface area contributed by atoms with Crippen LogP contribution in [0.4, 0.5) is 0 Å². The molecule has 0 aromatic heterocycles. The maximum atomic E-state index is 13.0. The van der Waals surface area contributed by atoms with Gasteiger partial charge in [-0.25, -0.2) is 9.79 Å². The number of amides is 1. The van der Waals surface area contributed by atoms with E-state index in [1.54, 1.807) is 0 Å². The summed E-state index contributed by atoms with van der Waals surface area (Å²) in [7, 11) is 2.05. The quantitative estimate of drug-likeness (QED) is 0.0729. The van der Waals surface area contributed by atoms with Gasteiger partial charge in [0.25, 0.3) is 0 Å². The van der Waals surface area contributed by atoms with E-state index in [0.29, 0.717) is 16.8 Å². The molecule has 1 rings (SSSR count). The van der Waals surface area contributed by atoms with E-state index in [1.165, 1.54) is 154 Å². The van der Waals surface area contributed by atoms with Crippen molar-refractivity contribution in [2.24, 2.45) is 4.99 Å². The lowest BCUT2D eigenvalue weighted by atomic mass is 10.0. The van der Waals surface area contributed by atoms with Gasteiger partial charge in [0.05, 0.1) is 19.7 Å². The number of hydrogen-bond acceptors (Lipinski definition) is 2. The van der Waals surface area contributed by atoms with E-state index in [0.717, 1.165) is 25.1 Å². The second kappa shape index (κ2) is 25.0. The molecule has 0 fully saturated rings. The van der Waals surface area contributed by atoms with Crippen molar-refractivity contribution in [3.8, 4) is 0 Å². The third kappa shape index (κ3) is 17.6. The van der Waals surface area contributed by atoms with Gasteiger partial charge >= 0.3 is 5.91 Å². The van der Waals surface area contributed by atoms with Crippen molar-refractivity contribution in [2.45, 2.75) is 194 Å². The molecule has 0 aliphatic carbocycles. The summed E-state index contributed by atoms with van der Waals surface area (Å²) in [5.41, 5.74) is 0. The summed E-state index contributed by atoms with van der Waals surface area (Å²) < 4.78 is 0.330. The standard InChI is InChI=1S/C35H67N2O/c1-4-6-8-10-12-14-16-17-18-19-21-22-24-26-28-30-34-36-32-33-37(34,3)35(38)31-29-27-25-23-20-15-13-11-9-7-5-2/h32-33H,4-31H2,1-3H3/q+1. The van der Waals surface area contributed by atoms with Gasteiger partial charge in [-0.15, -0.1) is 0 Å². The van der Waals surface area contributed by atoms with Gasteiger partial charge in [0.15, 0.2) is 0 Å². The van der Waals surface area contributed by atoms with E-state index in [2.05, 4.69) is 25.9 Å². The Balaban J connectivity index is 1.98. The van der Waals surface area contributed by atoms with Gasteiger partial charge in [0.2, 0.25) is 5.84 Å². The molecule has 0 aromatic carbocycles. The zero-order chi connectivity index (χ0) is 27.6. The smallest absolute Gasteiger partial charge is 0.230 e. The molecule has 1 aliphatic rings. The van der Waals surface area contributed by atoms with E-state index in [9.17, 15) is 4.79 Å². The number of unbranched alkanes of at least 4 members (excludes halogenated alkanes) is 24. The van der Waals surface area contributed by atoms with Crippen molar-refractivity contribution < 1.29 is 9.28 Å². The molecule has 0 spiro atoms. The van der Waals surface area contributed by atoms with Crippen LogP contribution in [0.15, 0.2) is 17.4 Å². The van der Waals surface area contributed by atoms with Crippen LogP contribution in [0.25, 0.3) is 0 Å². The highest BCUT2D eigenvalue weighted by molar-refractivity contribution is 5.90. The van der Waals surface area contributed by atoms with Crippen molar-refractivity contribution in [1.29, 1.82) is 0 Å². The maximum Gasteiger partial charge on any atom is 0.324 e. The normalized spacial score (nSPS) is 16.9. The molecular formula is C35H67N2O+. The van der Waals surface area contributed by atoms with Crippen molar-refractivity contribution in [2.75, 3.05) is 7.05 Å². The zero-order valence-corrected chi connectivity index (χ0v) is 26.3. The van der Waals surface area contributed by atoms with Crippen LogP contribution in [0.2, 0.25) is 0 Å². The number of rotatable bonds is 28. The first-order valence-corrected chi connectivity index (χ1v) is 17.3. The van der Waals surface area contributed by atoms with E-state index in [1.807, 2.05) is 12.4 Å². The van der Waals surface area contributed by atoms with Gasteiger partial charge < -0.3 is 0 Å². The van der Waals surface area contributed by atoms with Crippen LogP contribution in [0.1, 0.15) is 194 Å². The number of quaternary nitrogens is 1. The predicted octanol–water partition coefficient (Wildman–Crippen LogP) is 11.8. The molecule has 0 aromatic rings. The molecule has 1 heterocycles.